The molecule has 0 bridgehead atoms. The van der Waals surface area contributed by atoms with E-state index in [1.165, 1.54) is 22.2 Å². The van der Waals surface area contributed by atoms with Crippen molar-refractivity contribution < 1.29 is 0 Å². The van der Waals surface area contributed by atoms with Crippen molar-refractivity contribution in [2.24, 2.45) is 0 Å². The Labute approximate surface area is 147 Å². The van der Waals surface area contributed by atoms with Gasteiger partial charge in [0.05, 0.1) is 5.52 Å². The number of nitrogens with one attached hydrogen (secondary N) is 1. The van der Waals surface area contributed by atoms with Gasteiger partial charge in [0.15, 0.2) is 0 Å². The summed E-state index contributed by atoms with van der Waals surface area (Å²) in [7, 11) is 0. The molecule has 0 unspecified atom stereocenters. The maximum atomic E-state index is 6.09. The number of rotatable bonds is 3. The second-order valence-electron chi connectivity index (χ2n) is 6.26. The van der Waals surface area contributed by atoms with E-state index in [0.29, 0.717) is 0 Å². The van der Waals surface area contributed by atoms with Gasteiger partial charge in [-0.25, -0.2) is 0 Å². The van der Waals surface area contributed by atoms with E-state index in [1.54, 1.807) is 0 Å². The second-order valence-corrected chi connectivity index (χ2v) is 6.70. The van der Waals surface area contributed by atoms with Crippen molar-refractivity contribution in [3.8, 4) is 0 Å². The molecule has 1 fully saturated rings. The van der Waals surface area contributed by atoms with Crippen LogP contribution < -0.4 is 10.2 Å². The molecule has 0 amide bonds. The Balaban J connectivity index is 1.63. The lowest BCUT2D eigenvalue weighted by Crippen LogP contribution is -2.43. The zero-order valence-corrected chi connectivity index (χ0v) is 14.3. The average molecular weight is 338 g/mol. The third-order valence-electron chi connectivity index (χ3n) is 4.50. The van der Waals surface area contributed by atoms with Gasteiger partial charge in [0.2, 0.25) is 0 Å². The molecule has 24 heavy (non-hydrogen) atoms. The van der Waals surface area contributed by atoms with Crippen LogP contribution in [0.1, 0.15) is 11.1 Å². The maximum Gasteiger partial charge on any atom is 0.0703 e. The predicted molar refractivity (Wildman–Crippen MR) is 101 cm³/mol. The Morgan fingerprint density at radius 1 is 1.00 bits per heavy atom. The van der Waals surface area contributed by atoms with E-state index in [4.69, 9.17) is 11.6 Å². The van der Waals surface area contributed by atoms with E-state index >= 15 is 0 Å². The number of hydrogen-bond donors (Lipinski definition) is 1. The van der Waals surface area contributed by atoms with E-state index in [0.717, 1.165) is 43.1 Å². The molecule has 1 N–H and O–H groups in total. The fraction of sp³-hybridized carbons (Fsp3) is 0.250. The number of hydrogen-bond acceptors (Lipinski definition) is 3. The monoisotopic (exact) mass is 337 g/mol. The normalized spacial score (nSPS) is 15.0. The third kappa shape index (κ3) is 3.37. The van der Waals surface area contributed by atoms with Gasteiger partial charge in [-0.3, -0.25) is 4.98 Å². The molecule has 1 aromatic heterocycles. The molecule has 0 spiro atoms. The first-order valence-corrected chi connectivity index (χ1v) is 8.74. The molecular formula is C20H20ClN3. The number of piperazine rings is 1. The zero-order valence-electron chi connectivity index (χ0n) is 13.5. The number of benzene rings is 2. The summed E-state index contributed by atoms with van der Waals surface area (Å²) in [5.74, 6) is 0. The minimum Gasteiger partial charge on any atom is -0.369 e. The van der Waals surface area contributed by atoms with Gasteiger partial charge in [-0.05, 0) is 53.9 Å². The van der Waals surface area contributed by atoms with Gasteiger partial charge in [0, 0.05) is 48.5 Å². The first kappa shape index (κ1) is 15.4. The van der Waals surface area contributed by atoms with Gasteiger partial charge >= 0.3 is 0 Å². The summed E-state index contributed by atoms with van der Waals surface area (Å²) < 4.78 is 0. The van der Waals surface area contributed by atoms with Crippen LogP contribution in [0.15, 0.2) is 54.7 Å². The number of fused-ring (bicyclic) bond motifs is 1. The van der Waals surface area contributed by atoms with Gasteiger partial charge in [-0.2, -0.15) is 0 Å². The van der Waals surface area contributed by atoms with Crippen LogP contribution in [0.2, 0.25) is 5.02 Å². The molecule has 0 saturated carbocycles. The molecule has 122 valence electrons. The van der Waals surface area contributed by atoms with E-state index in [2.05, 4.69) is 45.5 Å². The summed E-state index contributed by atoms with van der Waals surface area (Å²) in [6.07, 6.45) is 2.81. The van der Waals surface area contributed by atoms with Crippen LogP contribution in [0.25, 0.3) is 10.9 Å². The first-order chi connectivity index (χ1) is 11.8. The molecule has 3 nitrogen and oxygen atoms in total. The summed E-state index contributed by atoms with van der Waals surface area (Å²) >= 11 is 6.09. The molecule has 3 aromatic rings. The number of pyridine rings is 1. The lowest BCUT2D eigenvalue weighted by atomic mass is 10.0. The van der Waals surface area contributed by atoms with Crippen molar-refractivity contribution in [1.29, 1.82) is 0 Å². The van der Waals surface area contributed by atoms with E-state index in [9.17, 15) is 0 Å². The van der Waals surface area contributed by atoms with Crippen LogP contribution in [0.5, 0.6) is 0 Å². The zero-order chi connectivity index (χ0) is 16.4. The predicted octanol–water partition coefficient (Wildman–Crippen LogP) is 3.89. The van der Waals surface area contributed by atoms with Gasteiger partial charge < -0.3 is 10.2 Å². The summed E-state index contributed by atoms with van der Waals surface area (Å²) in [6, 6.07) is 16.8. The van der Waals surface area contributed by atoms with Crippen LogP contribution in [0.3, 0.4) is 0 Å². The van der Waals surface area contributed by atoms with Gasteiger partial charge in [0.1, 0.15) is 0 Å². The number of halogens is 1. The Morgan fingerprint density at radius 3 is 2.71 bits per heavy atom. The molecule has 1 saturated heterocycles. The minimum absolute atomic E-state index is 0.780. The molecule has 4 heteroatoms. The average Bonchev–Trinajstić information content (AvgIpc) is 2.62. The van der Waals surface area contributed by atoms with Crippen LogP contribution in [-0.4, -0.2) is 31.2 Å². The fourth-order valence-corrected chi connectivity index (χ4v) is 3.48. The minimum atomic E-state index is 0.780. The van der Waals surface area contributed by atoms with Crippen LogP contribution >= 0.6 is 11.6 Å². The van der Waals surface area contributed by atoms with Crippen molar-refractivity contribution in [3.05, 3.63) is 70.9 Å². The number of anilines is 1. The van der Waals surface area contributed by atoms with Crippen molar-refractivity contribution in [3.63, 3.8) is 0 Å². The van der Waals surface area contributed by atoms with E-state index in [-0.39, 0.29) is 0 Å². The molecule has 2 aromatic carbocycles. The molecule has 0 radical (unpaired) electrons. The Kier molecular flexibility index (Phi) is 4.37. The smallest absolute Gasteiger partial charge is 0.0703 e. The van der Waals surface area contributed by atoms with Gasteiger partial charge in [0.25, 0.3) is 0 Å². The summed E-state index contributed by atoms with van der Waals surface area (Å²) in [5.41, 5.74) is 4.75. The molecule has 2 heterocycles. The Bertz CT molecular complexity index is 856. The molecule has 1 aliphatic rings. The summed E-state index contributed by atoms with van der Waals surface area (Å²) in [6.45, 7) is 4.21. The van der Waals surface area contributed by atoms with Crippen molar-refractivity contribution >= 4 is 28.2 Å². The fourth-order valence-electron chi connectivity index (χ4n) is 3.26. The standard InChI is InChI=1S/C20H20ClN3/c21-18-3-1-2-15(12-18)10-16-11-17-13-19(4-5-20(17)23-14-16)24-8-6-22-7-9-24/h1-5,11-14,22H,6-10H2. The SMILES string of the molecule is Clc1cccc(Cc2cnc3ccc(N4CCNCC4)cc3c2)c1. The largest absolute Gasteiger partial charge is 0.369 e. The van der Waals surface area contributed by atoms with Gasteiger partial charge in [-0.1, -0.05) is 23.7 Å². The maximum absolute atomic E-state index is 6.09. The van der Waals surface area contributed by atoms with Crippen molar-refractivity contribution in [1.82, 2.24) is 10.3 Å². The summed E-state index contributed by atoms with van der Waals surface area (Å²) in [5, 5.41) is 5.38. The first-order valence-electron chi connectivity index (χ1n) is 8.37. The Hall–Kier alpha value is -2.10. The second kappa shape index (κ2) is 6.80. The van der Waals surface area contributed by atoms with Crippen molar-refractivity contribution in [2.75, 3.05) is 31.1 Å². The third-order valence-corrected chi connectivity index (χ3v) is 4.74. The topological polar surface area (TPSA) is 28.2 Å². The van der Waals surface area contributed by atoms with E-state index in [1.807, 2.05) is 24.4 Å². The quantitative estimate of drug-likeness (QED) is 0.786. The summed E-state index contributed by atoms with van der Waals surface area (Å²) in [4.78, 5) is 7.05. The highest BCUT2D eigenvalue weighted by molar-refractivity contribution is 6.30. The van der Waals surface area contributed by atoms with Gasteiger partial charge in [-0.15, -0.1) is 0 Å². The van der Waals surface area contributed by atoms with Crippen LogP contribution in [0.4, 0.5) is 5.69 Å². The number of aromatic nitrogens is 1. The lowest BCUT2D eigenvalue weighted by molar-refractivity contribution is 0.589. The van der Waals surface area contributed by atoms with Crippen molar-refractivity contribution in [2.45, 2.75) is 6.42 Å². The highest BCUT2D eigenvalue weighted by Crippen LogP contribution is 2.23. The number of nitrogens with zero attached hydrogens (tertiary/aromatic N) is 2. The molecular weight excluding hydrogens is 318 g/mol. The molecule has 0 aliphatic carbocycles. The lowest BCUT2D eigenvalue weighted by Gasteiger charge is -2.29. The molecule has 4 rings (SSSR count). The Morgan fingerprint density at radius 2 is 1.88 bits per heavy atom. The van der Waals surface area contributed by atoms with Crippen LogP contribution in [0, 0.1) is 0 Å². The van der Waals surface area contributed by atoms with E-state index < -0.39 is 0 Å². The molecule has 1 aliphatic heterocycles. The van der Waals surface area contributed by atoms with Crippen LogP contribution in [-0.2, 0) is 6.42 Å². The highest BCUT2D eigenvalue weighted by atomic mass is 35.5. The highest BCUT2D eigenvalue weighted by Gasteiger charge is 2.11. The molecule has 0 atom stereocenters.